The summed E-state index contributed by atoms with van der Waals surface area (Å²) in [6.45, 7) is 1.46. The van der Waals surface area contributed by atoms with Gasteiger partial charge in [0.25, 0.3) is 0 Å². The zero-order chi connectivity index (χ0) is 21.3. The van der Waals surface area contributed by atoms with Gasteiger partial charge in [0.2, 0.25) is 5.88 Å². The van der Waals surface area contributed by atoms with Crippen LogP contribution in [0.2, 0.25) is 5.02 Å². The topological polar surface area (TPSA) is 60.6 Å². The molecule has 1 fully saturated rings. The van der Waals surface area contributed by atoms with Gasteiger partial charge in [0, 0.05) is 29.6 Å². The third-order valence-corrected chi connectivity index (χ3v) is 5.71. The van der Waals surface area contributed by atoms with Crippen LogP contribution in [0.3, 0.4) is 0 Å². The highest BCUT2D eigenvalue weighted by atomic mass is 35.5. The van der Waals surface area contributed by atoms with Crippen molar-refractivity contribution >= 4 is 28.2 Å². The van der Waals surface area contributed by atoms with Gasteiger partial charge in [0.15, 0.2) is 0 Å². The molecule has 1 aromatic heterocycles. The number of fused-ring (bicyclic) bond motifs is 1. The van der Waals surface area contributed by atoms with Crippen LogP contribution in [-0.2, 0) is 0 Å². The molecule has 8 heteroatoms. The SMILES string of the molecule is COc1ccc2c(OCC3(N)CCN(c4ccc(Cl)cc4F)CC3)ccc(F)c2n1. The lowest BCUT2D eigenvalue weighted by molar-refractivity contribution is 0.189. The Bertz CT molecular complexity index is 1070. The first-order chi connectivity index (χ1) is 14.4. The molecule has 1 saturated heterocycles. The Labute approximate surface area is 178 Å². The fraction of sp³-hybridized carbons (Fsp3) is 0.318. The van der Waals surface area contributed by atoms with Crippen molar-refractivity contribution in [1.82, 2.24) is 4.98 Å². The molecule has 2 aromatic carbocycles. The third kappa shape index (κ3) is 4.13. The van der Waals surface area contributed by atoms with Crippen molar-refractivity contribution in [2.45, 2.75) is 18.4 Å². The molecule has 3 aromatic rings. The number of pyridine rings is 1. The lowest BCUT2D eigenvalue weighted by atomic mass is 9.89. The number of benzene rings is 2. The predicted octanol–water partition coefficient (Wildman–Crippen LogP) is 4.55. The molecule has 0 atom stereocenters. The van der Waals surface area contributed by atoms with Crippen LogP contribution in [-0.4, -0.2) is 37.3 Å². The summed E-state index contributed by atoms with van der Waals surface area (Å²) in [5.74, 6) is 0.0502. The number of rotatable bonds is 5. The van der Waals surface area contributed by atoms with E-state index < -0.39 is 11.4 Å². The summed E-state index contributed by atoms with van der Waals surface area (Å²) in [6.07, 6.45) is 1.25. The molecule has 0 unspecified atom stereocenters. The minimum absolute atomic E-state index is 0.186. The third-order valence-electron chi connectivity index (χ3n) is 5.48. The van der Waals surface area contributed by atoms with Gasteiger partial charge in [-0.15, -0.1) is 0 Å². The molecule has 158 valence electrons. The Balaban J connectivity index is 1.45. The Morgan fingerprint density at radius 2 is 1.87 bits per heavy atom. The van der Waals surface area contributed by atoms with Crippen molar-refractivity contribution in [3.8, 4) is 11.6 Å². The summed E-state index contributed by atoms with van der Waals surface area (Å²) >= 11 is 5.84. The van der Waals surface area contributed by atoms with Gasteiger partial charge in [-0.25, -0.2) is 13.8 Å². The number of ether oxygens (including phenoxy) is 2. The maximum absolute atomic E-state index is 14.2. The summed E-state index contributed by atoms with van der Waals surface area (Å²) in [5.41, 5.74) is 6.69. The second-order valence-corrected chi connectivity index (χ2v) is 7.97. The van der Waals surface area contributed by atoms with E-state index in [1.165, 1.54) is 19.2 Å². The van der Waals surface area contributed by atoms with E-state index >= 15 is 0 Å². The Kier molecular flexibility index (Phi) is 5.66. The highest BCUT2D eigenvalue weighted by molar-refractivity contribution is 6.30. The summed E-state index contributed by atoms with van der Waals surface area (Å²) in [5, 5.41) is 0.925. The van der Waals surface area contributed by atoms with Gasteiger partial charge in [-0.2, -0.15) is 0 Å². The molecule has 1 aliphatic rings. The largest absolute Gasteiger partial charge is 0.491 e. The molecule has 0 radical (unpaired) electrons. The minimum Gasteiger partial charge on any atom is -0.491 e. The Hall–Kier alpha value is -2.64. The van der Waals surface area contributed by atoms with Crippen molar-refractivity contribution < 1.29 is 18.3 Å². The van der Waals surface area contributed by atoms with E-state index in [9.17, 15) is 8.78 Å². The van der Waals surface area contributed by atoms with Crippen LogP contribution in [0.25, 0.3) is 10.9 Å². The van der Waals surface area contributed by atoms with Gasteiger partial charge in [0.1, 0.15) is 29.5 Å². The number of halogens is 3. The summed E-state index contributed by atoms with van der Waals surface area (Å²) in [7, 11) is 1.48. The molecule has 0 aliphatic carbocycles. The van der Waals surface area contributed by atoms with Crippen LogP contribution in [0.5, 0.6) is 11.6 Å². The zero-order valence-electron chi connectivity index (χ0n) is 16.5. The number of nitrogens with zero attached hydrogens (tertiary/aromatic N) is 2. The molecule has 5 nitrogen and oxygen atoms in total. The average Bonchev–Trinajstić information content (AvgIpc) is 2.74. The van der Waals surface area contributed by atoms with E-state index in [0.29, 0.717) is 53.7 Å². The second-order valence-electron chi connectivity index (χ2n) is 7.53. The van der Waals surface area contributed by atoms with E-state index in [1.54, 1.807) is 30.3 Å². The number of hydrogen-bond acceptors (Lipinski definition) is 5. The molecule has 4 rings (SSSR count). The van der Waals surface area contributed by atoms with Crippen LogP contribution in [0.1, 0.15) is 12.8 Å². The molecule has 0 saturated carbocycles. The molecular formula is C22H22ClF2N3O2. The van der Waals surface area contributed by atoms with Crippen molar-refractivity contribution in [3.63, 3.8) is 0 Å². The van der Waals surface area contributed by atoms with Gasteiger partial charge in [0.05, 0.1) is 18.3 Å². The zero-order valence-corrected chi connectivity index (χ0v) is 17.3. The van der Waals surface area contributed by atoms with Gasteiger partial charge < -0.3 is 20.1 Å². The van der Waals surface area contributed by atoms with Gasteiger partial charge >= 0.3 is 0 Å². The number of anilines is 1. The molecule has 2 N–H and O–H groups in total. The number of nitrogens with two attached hydrogens (primary N) is 1. The molecule has 0 spiro atoms. The Morgan fingerprint density at radius 1 is 1.10 bits per heavy atom. The standard InChI is InChI=1S/C22H22ClF2N3O2/c1-29-20-7-3-15-19(6-4-16(24)21(15)27-20)30-13-22(26)8-10-28(11-9-22)18-5-2-14(23)12-17(18)25/h2-7,12H,8-11,13,26H2,1H3. The Morgan fingerprint density at radius 3 is 2.57 bits per heavy atom. The average molecular weight is 434 g/mol. The maximum atomic E-state index is 14.2. The summed E-state index contributed by atoms with van der Waals surface area (Å²) in [4.78, 5) is 6.12. The van der Waals surface area contributed by atoms with Crippen LogP contribution in [0.15, 0.2) is 42.5 Å². The molecule has 2 heterocycles. The summed E-state index contributed by atoms with van der Waals surface area (Å²) in [6, 6.07) is 10.9. The smallest absolute Gasteiger partial charge is 0.213 e. The first-order valence-corrected chi connectivity index (χ1v) is 10.0. The molecule has 0 amide bonds. The number of aromatic nitrogens is 1. The van der Waals surface area contributed by atoms with Crippen molar-refractivity contribution in [3.05, 3.63) is 59.1 Å². The van der Waals surface area contributed by atoms with Crippen LogP contribution >= 0.6 is 11.6 Å². The van der Waals surface area contributed by atoms with E-state index in [1.807, 2.05) is 4.90 Å². The van der Waals surface area contributed by atoms with E-state index in [2.05, 4.69) is 4.98 Å². The van der Waals surface area contributed by atoms with Crippen LogP contribution in [0, 0.1) is 11.6 Å². The normalized spacial score (nSPS) is 16.0. The number of hydrogen-bond donors (Lipinski definition) is 1. The molecule has 30 heavy (non-hydrogen) atoms. The van der Waals surface area contributed by atoms with Gasteiger partial charge in [-0.3, -0.25) is 0 Å². The van der Waals surface area contributed by atoms with Crippen LogP contribution < -0.4 is 20.1 Å². The quantitative estimate of drug-likeness (QED) is 0.639. The lowest BCUT2D eigenvalue weighted by Gasteiger charge is -2.40. The van der Waals surface area contributed by atoms with E-state index in [4.69, 9.17) is 26.8 Å². The van der Waals surface area contributed by atoms with Crippen molar-refractivity contribution in [2.24, 2.45) is 5.73 Å². The molecular weight excluding hydrogens is 412 g/mol. The van der Waals surface area contributed by atoms with Crippen molar-refractivity contribution in [1.29, 1.82) is 0 Å². The fourth-order valence-corrected chi connectivity index (χ4v) is 3.83. The minimum atomic E-state index is -0.569. The highest BCUT2D eigenvalue weighted by Crippen LogP contribution is 2.32. The number of piperidine rings is 1. The first-order valence-electron chi connectivity index (χ1n) is 9.63. The molecule has 0 bridgehead atoms. The maximum Gasteiger partial charge on any atom is 0.213 e. The summed E-state index contributed by atoms with van der Waals surface area (Å²) < 4.78 is 39.4. The molecule has 1 aliphatic heterocycles. The fourth-order valence-electron chi connectivity index (χ4n) is 3.68. The van der Waals surface area contributed by atoms with E-state index in [0.717, 1.165) is 0 Å². The highest BCUT2D eigenvalue weighted by Gasteiger charge is 2.32. The van der Waals surface area contributed by atoms with Crippen LogP contribution in [0.4, 0.5) is 14.5 Å². The van der Waals surface area contributed by atoms with Gasteiger partial charge in [-0.05, 0) is 49.2 Å². The van der Waals surface area contributed by atoms with Gasteiger partial charge in [-0.1, -0.05) is 11.6 Å². The second kappa shape index (κ2) is 8.24. The monoisotopic (exact) mass is 433 g/mol. The van der Waals surface area contributed by atoms with E-state index in [-0.39, 0.29) is 17.9 Å². The first kappa shape index (κ1) is 20.6. The lowest BCUT2D eigenvalue weighted by Crippen LogP contribution is -2.54. The van der Waals surface area contributed by atoms with Crippen molar-refractivity contribution in [2.75, 3.05) is 31.7 Å². The number of methoxy groups -OCH3 is 1. The predicted molar refractivity (Wildman–Crippen MR) is 114 cm³/mol.